The van der Waals surface area contributed by atoms with Crippen LogP contribution in [0.15, 0.2) is 24.3 Å². The summed E-state index contributed by atoms with van der Waals surface area (Å²) in [5.74, 6) is 0. The number of carbonyl (C=O) groups is 1. The van der Waals surface area contributed by atoms with Gasteiger partial charge in [0, 0.05) is 18.8 Å². The van der Waals surface area contributed by atoms with Gasteiger partial charge in [-0.3, -0.25) is 0 Å². The summed E-state index contributed by atoms with van der Waals surface area (Å²) >= 11 is 0. The zero-order valence-electron chi connectivity index (χ0n) is 9.47. The molecule has 5 heteroatoms. The second-order valence-electron chi connectivity index (χ2n) is 4.43. The maximum absolute atomic E-state index is 10.8. The van der Waals surface area contributed by atoms with Gasteiger partial charge in [-0.2, -0.15) is 0 Å². The number of hydrogen-bond donors (Lipinski definition) is 3. The Morgan fingerprint density at radius 2 is 2.00 bits per heavy atom. The molecule has 1 amide bonds. The molecule has 4 N–H and O–H groups in total. The van der Waals surface area contributed by atoms with Crippen LogP contribution in [0.1, 0.15) is 18.4 Å². The van der Waals surface area contributed by atoms with Crippen molar-refractivity contribution in [2.75, 3.05) is 18.8 Å². The van der Waals surface area contributed by atoms with Crippen LogP contribution >= 0.6 is 0 Å². The highest BCUT2D eigenvalue weighted by atomic mass is 16.4. The highest BCUT2D eigenvalue weighted by Gasteiger charge is 2.35. The Hall–Kier alpha value is -1.75. The molecule has 2 rings (SSSR count). The fourth-order valence-corrected chi connectivity index (χ4v) is 2.18. The topological polar surface area (TPSA) is 86.8 Å². The van der Waals surface area contributed by atoms with Crippen LogP contribution < -0.4 is 5.73 Å². The summed E-state index contributed by atoms with van der Waals surface area (Å²) in [6.07, 6.45) is -0.120. The molecule has 1 fully saturated rings. The average molecular weight is 236 g/mol. The van der Waals surface area contributed by atoms with E-state index < -0.39 is 11.7 Å². The standard InChI is InChI=1S/C12H16N2O3/c13-10-3-1-2-9(8-10)12(17)4-6-14(7-5-12)11(15)16/h1-3,8,17H,4-7,13H2,(H,15,16). The summed E-state index contributed by atoms with van der Waals surface area (Å²) in [5, 5.41) is 19.3. The van der Waals surface area contributed by atoms with Crippen LogP contribution in [0.3, 0.4) is 0 Å². The number of aliphatic hydroxyl groups is 1. The molecule has 92 valence electrons. The summed E-state index contributed by atoms with van der Waals surface area (Å²) in [7, 11) is 0. The third-order valence-corrected chi connectivity index (χ3v) is 3.29. The second-order valence-corrected chi connectivity index (χ2v) is 4.43. The molecule has 0 aliphatic carbocycles. The van der Waals surface area contributed by atoms with Gasteiger partial charge in [0.2, 0.25) is 0 Å². The van der Waals surface area contributed by atoms with Gasteiger partial charge < -0.3 is 20.8 Å². The van der Waals surface area contributed by atoms with Crippen molar-refractivity contribution < 1.29 is 15.0 Å². The molecule has 17 heavy (non-hydrogen) atoms. The van der Waals surface area contributed by atoms with E-state index in [-0.39, 0.29) is 0 Å². The zero-order chi connectivity index (χ0) is 12.5. The molecule has 0 spiro atoms. The van der Waals surface area contributed by atoms with Gasteiger partial charge in [0.1, 0.15) is 0 Å². The number of nitrogens with zero attached hydrogens (tertiary/aromatic N) is 1. The molecule has 0 saturated carbocycles. The molecule has 1 heterocycles. The van der Waals surface area contributed by atoms with Gasteiger partial charge in [-0.05, 0) is 30.5 Å². The van der Waals surface area contributed by atoms with Crippen molar-refractivity contribution in [3.8, 4) is 0 Å². The third-order valence-electron chi connectivity index (χ3n) is 3.29. The molecular formula is C12H16N2O3. The first-order valence-electron chi connectivity index (χ1n) is 5.57. The molecule has 1 aromatic rings. The van der Waals surface area contributed by atoms with Gasteiger partial charge in [0.05, 0.1) is 5.60 Å². The fraction of sp³-hybridized carbons (Fsp3) is 0.417. The number of amides is 1. The van der Waals surface area contributed by atoms with Crippen LogP contribution in [0.4, 0.5) is 10.5 Å². The van der Waals surface area contributed by atoms with E-state index in [2.05, 4.69) is 0 Å². The Balaban J connectivity index is 2.14. The molecule has 0 radical (unpaired) electrons. The predicted molar refractivity (Wildman–Crippen MR) is 63.6 cm³/mol. The second kappa shape index (κ2) is 4.25. The van der Waals surface area contributed by atoms with Gasteiger partial charge in [-0.15, -0.1) is 0 Å². The number of likely N-dealkylation sites (tertiary alicyclic amines) is 1. The third kappa shape index (κ3) is 2.34. The number of rotatable bonds is 1. The van der Waals surface area contributed by atoms with Crippen LogP contribution in [-0.2, 0) is 5.60 Å². The molecule has 1 aromatic carbocycles. The van der Waals surface area contributed by atoms with Crippen LogP contribution in [0, 0.1) is 0 Å². The Morgan fingerprint density at radius 3 is 2.53 bits per heavy atom. The zero-order valence-corrected chi connectivity index (χ0v) is 9.47. The lowest BCUT2D eigenvalue weighted by molar-refractivity contribution is -0.0213. The summed E-state index contributed by atoms with van der Waals surface area (Å²) < 4.78 is 0. The van der Waals surface area contributed by atoms with Crippen molar-refractivity contribution in [2.24, 2.45) is 0 Å². The van der Waals surface area contributed by atoms with E-state index >= 15 is 0 Å². The lowest BCUT2D eigenvalue weighted by atomic mass is 9.84. The number of hydrogen-bond acceptors (Lipinski definition) is 3. The predicted octanol–water partition coefficient (Wildman–Crippen LogP) is 1.23. The Labute approximate surface area is 99.5 Å². The number of anilines is 1. The summed E-state index contributed by atoms with van der Waals surface area (Å²) in [6, 6.07) is 7.13. The molecule has 0 aromatic heterocycles. The summed E-state index contributed by atoms with van der Waals surface area (Å²) in [6.45, 7) is 0.696. The maximum atomic E-state index is 10.8. The lowest BCUT2D eigenvalue weighted by Crippen LogP contribution is -2.44. The lowest BCUT2D eigenvalue weighted by Gasteiger charge is -2.37. The number of piperidine rings is 1. The van der Waals surface area contributed by atoms with Gasteiger partial charge in [0.25, 0.3) is 0 Å². The first-order valence-corrected chi connectivity index (χ1v) is 5.57. The van der Waals surface area contributed by atoms with E-state index in [0.29, 0.717) is 31.6 Å². The highest BCUT2D eigenvalue weighted by Crippen LogP contribution is 2.33. The first kappa shape index (κ1) is 11.7. The molecule has 1 saturated heterocycles. The van der Waals surface area contributed by atoms with E-state index in [0.717, 1.165) is 5.56 Å². The summed E-state index contributed by atoms with van der Waals surface area (Å²) in [4.78, 5) is 12.1. The normalized spacial score (nSPS) is 19.0. The Morgan fingerprint density at radius 1 is 1.35 bits per heavy atom. The quantitative estimate of drug-likeness (QED) is 0.640. The molecule has 1 aliphatic rings. The van der Waals surface area contributed by atoms with Crippen LogP contribution in [0.25, 0.3) is 0 Å². The molecular weight excluding hydrogens is 220 g/mol. The molecule has 0 unspecified atom stereocenters. The number of carboxylic acid groups (broad SMARTS) is 1. The molecule has 0 atom stereocenters. The van der Waals surface area contributed by atoms with Crippen molar-refractivity contribution in [2.45, 2.75) is 18.4 Å². The van der Waals surface area contributed by atoms with Gasteiger partial charge in [-0.1, -0.05) is 12.1 Å². The van der Waals surface area contributed by atoms with Crippen LogP contribution in [0.2, 0.25) is 0 Å². The minimum Gasteiger partial charge on any atom is -0.465 e. The Bertz CT molecular complexity index is 426. The number of nitrogens with two attached hydrogens (primary N) is 1. The first-order chi connectivity index (χ1) is 8.01. The van der Waals surface area contributed by atoms with Crippen molar-refractivity contribution in [3.63, 3.8) is 0 Å². The van der Waals surface area contributed by atoms with Crippen LogP contribution in [0.5, 0.6) is 0 Å². The number of nitrogen functional groups attached to an aromatic ring is 1. The van der Waals surface area contributed by atoms with E-state index in [1.165, 1.54) is 4.90 Å². The SMILES string of the molecule is Nc1cccc(C2(O)CCN(C(=O)O)CC2)c1. The van der Waals surface area contributed by atoms with E-state index in [1.54, 1.807) is 18.2 Å². The van der Waals surface area contributed by atoms with Gasteiger partial charge >= 0.3 is 6.09 Å². The minimum absolute atomic E-state index is 0.348. The molecule has 0 bridgehead atoms. The van der Waals surface area contributed by atoms with Gasteiger partial charge in [0.15, 0.2) is 0 Å². The number of benzene rings is 1. The van der Waals surface area contributed by atoms with Crippen molar-refractivity contribution in [1.82, 2.24) is 4.90 Å². The maximum Gasteiger partial charge on any atom is 0.407 e. The van der Waals surface area contributed by atoms with E-state index in [1.807, 2.05) is 6.07 Å². The molecule has 1 aliphatic heterocycles. The van der Waals surface area contributed by atoms with Gasteiger partial charge in [-0.25, -0.2) is 4.79 Å². The van der Waals surface area contributed by atoms with Crippen molar-refractivity contribution in [3.05, 3.63) is 29.8 Å². The van der Waals surface area contributed by atoms with E-state index in [9.17, 15) is 9.90 Å². The minimum atomic E-state index is -0.957. The monoisotopic (exact) mass is 236 g/mol. The largest absolute Gasteiger partial charge is 0.465 e. The van der Waals surface area contributed by atoms with Crippen LogP contribution in [-0.4, -0.2) is 34.3 Å². The average Bonchev–Trinajstić information content (AvgIpc) is 2.29. The van der Waals surface area contributed by atoms with Crippen molar-refractivity contribution in [1.29, 1.82) is 0 Å². The highest BCUT2D eigenvalue weighted by molar-refractivity contribution is 5.65. The summed E-state index contributed by atoms with van der Waals surface area (Å²) in [5.41, 5.74) is 6.10. The molecule has 5 nitrogen and oxygen atoms in total. The Kier molecular flexibility index (Phi) is 2.93. The van der Waals surface area contributed by atoms with Crippen molar-refractivity contribution >= 4 is 11.8 Å². The fourth-order valence-electron chi connectivity index (χ4n) is 2.18. The smallest absolute Gasteiger partial charge is 0.407 e. The van der Waals surface area contributed by atoms with E-state index in [4.69, 9.17) is 10.8 Å².